The van der Waals surface area contributed by atoms with Crippen LogP contribution < -0.4 is 76.9 Å². The number of fused-ring (bicyclic) bond motifs is 12. The molecule has 0 aliphatic carbocycles. The third kappa shape index (κ3) is 7.55. The van der Waals surface area contributed by atoms with Crippen molar-refractivity contribution in [1.29, 1.82) is 0 Å². The van der Waals surface area contributed by atoms with Crippen LogP contribution in [0.25, 0.3) is 19.7 Å². The highest BCUT2D eigenvalue weighted by molar-refractivity contribution is 5.98. The van der Waals surface area contributed by atoms with E-state index in [0.717, 1.165) is 151 Å². The number of benzene rings is 9. The predicted molar refractivity (Wildman–Crippen MR) is 316 cm³/mol. The molecule has 0 unspecified atom stereocenters. The zero-order valence-electron chi connectivity index (χ0n) is 43.5. The molecule has 0 aromatic heterocycles. The SMILES string of the molecule is C=c1cc2c(cc1C)=Nc1cc3c(cc1N2C)N(C)c1ccccc1N3.C=c1cc2c(cc1C)=Nc1cc3c(cc1N2C)Oc1ccccc1N3.C=c1ccc2c(c1)N(C)c1cc3c(cc1N=2)Nc1ccccc1N3C. The minimum Gasteiger partial charge on any atom is -0.453 e. The summed E-state index contributed by atoms with van der Waals surface area (Å²) in [6, 6.07) is 51.9. The number of hydrogen-bond donors (Lipinski definition) is 3. The van der Waals surface area contributed by atoms with Crippen molar-refractivity contribution in [1.82, 2.24) is 0 Å². The van der Waals surface area contributed by atoms with E-state index in [1.807, 2.05) is 54.6 Å². The smallest absolute Gasteiger partial charge is 0.153 e. The van der Waals surface area contributed by atoms with E-state index < -0.39 is 0 Å². The molecule has 0 bridgehead atoms. The second-order valence-corrected chi connectivity index (χ2v) is 20.0. The van der Waals surface area contributed by atoms with Crippen molar-refractivity contribution in [2.75, 3.05) is 75.7 Å². The van der Waals surface area contributed by atoms with Gasteiger partial charge in [0.1, 0.15) is 0 Å². The fourth-order valence-electron chi connectivity index (χ4n) is 10.8. The number of rotatable bonds is 0. The first-order valence-corrected chi connectivity index (χ1v) is 25.3. The van der Waals surface area contributed by atoms with Crippen molar-refractivity contribution in [2.24, 2.45) is 15.0 Å². The average Bonchev–Trinajstić information content (AvgIpc) is 3.42. The van der Waals surface area contributed by atoms with Gasteiger partial charge in [0, 0.05) is 41.3 Å². The highest BCUT2D eigenvalue weighted by Crippen LogP contribution is 2.51. The molecular formula is C64H55N11O. The van der Waals surface area contributed by atoms with Crippen molar-refractivity contribution in [3.05, 3.63) is 195 Å². The van der Waals surface area contributed by atoms with Gasteiger partial charge in [-0.2, -0.15) is 0 Å². The Morgan fingerprint density at radius 3 is 1.30 bits per heavy atom. The quantitative estimate of drug-likeness (QED) is 0.137. The van der Waals surface area contributed by atoms with Gasteiger partial charge in [-0.15, -0.1) is 0 Å². The van der Waals surface area contributed by atoms with Gasteiger partial charge in [0.05, 0.1) is 124 Å². The fraction of sp³-hybridized carbons (Fsp3) is 0.109. The first-order valence-electron chi connectivity index (χ1n) is 25.3. The average molecular weight is 994 g/mol. The Hall–Kier alpha value is -9.81. The summed E-state index contributed by atoms with van der Waals surface area (Å²) in [7, 11) is 10.4. The highest BCUT2D eigenvalue weighted by atomic mass is 16.5. The first kappa shape index (κ1) is 46.0. The summed E-state index contributed by atoms with van der Waals surface area (Å²) >= 11 is 0. The van der Waals surface area contributed by atoms with Crippen molar-refractivity contribution in [3.8, 4) is 11.5 Å². The highest BCUT2D eigenvalue weighted by Gasteiger charge is 2.28. The van der Waals surface area contributed by atoms with Gasteiger partial charge in [-0.25, -0.2) is 15.0 Å². The molecule has 0 atom stereocenters. The van der Waals surface area contributed by atoms with Crippen LogP contribution in [0.4, 0.5) is 108 Å². The molecule has 6 aliphatic heterocycles. The number of hydrogen-bond acceptors (Lipinski definition) is 12. The number of anilines is 16. The molecule has 0 amide bonds. The molecule has 0 radical (unpaired) electrons. The van der Waals surface area contributed by atoms with E-state index in [0.29, 0.717) is 0 Å². The lowest BCUT2D eigenvalue weighted by Crippen LogP contribution is -2.26. The Balaban J connectivity index is 0.000000109. The molecule has 15 rings (SSSR count). The van der Waals surface area contributed by atoms with Crippen LogP contribution in [0.5, 0.6) is 11.5 Å². The molecule has 6 heterocycles. The summed E-state index contributed by atoms with van der Waals surface area (Å²) in [5, 5.41) is 16.5. The van der Waals surface area contributed by atoms with Crippen molar-refractivity contribution in [3.63, 3.8) is 0 Å². The summed E-state index contributed by atoms with van der Waals surface area (Å²) in [5.41, 5.74) is 22.6. The Morgan fingerprint density at radius 1 is 0.342 bits per heavy atom. The molecule has 372 valence electrons. The number of nitrogens with one attached hydrogen (secondary N) is 3. The van der Waals surface area contributed by atoms with Crippen molar-refractivity contribution < 1.29 is 4.74 Å². The van der Waals surface area contributed by atoms with E-state index >= 15 is 0 Å². The van der Waals surface area contributed by atoms with Gasteiger partial charge in [-0.05, 0) is 144 Å². The van der Waals surface area contributed by atoms with Crippen LogP contribution in [0.2, 0.25) is 0 Å². The molecule has 12 nitrogen and oxygen atoms in total. The van der Waals surface area contributed by atoms with Gasteiger partial charge in [-0.3, -0.25) is 0 Å². The molecule has 0 spiro atoms. The maximum absolute atomic E-state index is 6.08. The Morgan fingerprint density at radius 2 is 0.763 bits per heavy atom. The Kier molecular flexibility index (Phi) is 10.5. The van der Waals surface area contributed by atoms with Crippen LogP contribution in [0.1, 0.15) is 11.1 Å². The van der Waals surface area contributed by atoms with E-state index in [-0.39, 0.29) is 0 Å². The minimum absolute atomic E-state index is 0.810. The van der Waals surface area contributed by atoms with Gasteiger partial charge in [0.15, 0.2) is 11.5 Å². The third-order valence-corrected chi connectivity index (χ3v) is 15.2. The van der Waals surface area contributed by atoms with Crippen LogP contribution in [-0.4, -0.2) is 35.2 Å². The summed E-state index contributed by atoms with van der Waals surface area (Å²) in [6.45, 7) is 16.4. The third-order valence-electron chi connectivity index (χ3n) is 15.2. The molecule has 12 heteroatoms. The molecule has 0 saturated carbocycles. The van der Waals surface area contributed by atoms with Crippen molar-refractivity contribution >= 4 is 128 Å². The normalized spacial score (nSPS) is 13.7. The summed E-state index contributed by atoms with van der Waals surface area (Å²) in [4.78, 5) is 25.7. The number of aryl methyl sites for hydroxylation is 2. The topological polar surface area (TPSA) is 98.6 Å². The van der Waals surface area contributed by atoms with Crippen LogP contribution in [0, 0.1) is 13.8 Å². The lowest BCUT2D eigenvalue weighted by Gasteiger charge is -2.34. The first-order chi connectivity index (χ1) is 36.7. The lowest BCUT2D eigenvalue weighted by molar-refractivity contribution is 0.481. The molecule has 9 aromatic rings. The number of ether oxygens (including phenoxy) is 1. The van der Waals surface area contributed by atoms with Crippen LogP contribution in [0.15, 0.2) is 167 Å². The fourth-order valence-corrected chi connectivity index (χ4v) is 10.8. The van der Waals surface area contributed by atoms with Crippen LogP contribution in [0.3, 0.4) is 0 Å². The van der Waals surface area contributed by atoms with E-state index in [2.05, 4.69) is 206 Å². The van der Waals surface area contributed by atoms with E-state index in [1.165, 1.54) is 11.4 Å². The summed E-state index contributed by atoms with van der Waals surface area (Å²) in [5.74, 6) is 1.64. The van der Waals surface area contributed by atoms with Gasteiger partial charge >= 0.3 is 0 Å². The zero-order valence-corrected chi connectivity index (χ0v) is 43.5. The molecule has 0 fully saturated rings. The van der Waals surface area contributed by atoms with E-state index in [1.54, 1.807) is 0 Å². The predicted octanol–water partition coefficient (Wildman–Crippen LogP) is 12.5. The van der Waals surface area contributed by atoms with E-state index in [9.17, 15) is 0 Å². The van der Waals surface area contributed by atoms with Gasteiger partial charge < -0.3 is 45.2 Å². The second-order valence-electron chi connectivity index (χ2n) is 20.0. The summed E-state index contributed by atoms with van der Waals surface area (Å²) < 4.78 is 6.08. The van der Waals surface area contributed by atoms with Gasteiger partial charge in [-0.1, -0.05) is 62.2 Å². The number of para-hydroxylation sites is 6. The second kappa shape index (κ2) is 17.4. The maximum Gasteiger partial charge on any atom is 0.153 e. The Labute approximate surface area is 441 Å². The molecular weight excluding hydrogens is 939 g/mol. The van der Waals surface area contributed by atoms with Crippen LogP contribution in [-0.2, 0) is 0 Å². The molecule has 76 heavy (non-hydrogen) atoms. The van der Waals surface area contributed by atoms with Gasteiger partial charge in [0.25, 0.3) is 0 Å². The monoisotopic (exact) mass is 993 g/mol. The van der Waals surface area contributed by atoms with Crippen LogP contribution >= 0.6 is 0 Å². The zero-order chi connectivity index (χ0) is 52.3. The molecule has 3 N–H and O–H groups in total. The van der Waals surface area contributed by atoms with E-state index in [4.69, 9.17) is 19.7 Å². The largest absolute Gasteiger partial charge is 0.453 e. The molecule has 9 aromatic carbocycles. The molecule has 6 aliphatic rings. The lowest BCUT2D eigenvalue weighted by atomic mass is 10.1. The standard InChI is InChI=1S/C22H20N4.C21H18N4.C21H17N3O/c1-13-9-16-20(10-14(13)2)26(4)22-12-21-17(11-18(22)24-16)23-15-7-5-6-8-19(15)25(21)3;1-13-8-9-15-19(10-13)25(3)21-12-20-16(11-17(21)23-15)22-14-6-4-5-7-18(14)24(20)2;1-12-8-15-18(9-13(12)2)24(3)19-11-21-17(10-16(19)23-15)22-14-6-4-5-7-20(14)25-21/h5-12,23H,2H2,1,3-4H3;4-12,22H,1H2,2-3H3;4-11,22H,2H2,1,3H3. The maximum atomic E-state index is 6.08. The minimum atomic E-state index is 0.810. The Bertz CT molecular complexity index is 4350. The number of nitrogens with zero attached hydrogens (tertiary/aromatic N) is 8. The van der Waals surface area contributed by atoms with Crippen molar-refractivity contribution in [2.45, 2.75) is 13.8 Å². The molecule has 0 saturated heterocycles. The van der Waals surface area contributed by atoms with Gasteiger partial charge in [0.2, 0.25) is 0 Å². The summed E-state index contributed by atoms with van der Waals surface area (Å²) in [6.07, 6.45) is 0.